The fraction of sp³-hybridized carbons (Fsp3) is 0.429. The number of piperazine rings is 1. The zero-order valence-electron chi connectivity index (χ0n) is 16.2. The van der Waals surface area contributed by atoms with Crippen LogP contribution in [0.2, 0.25) is 0 Å². The molecule has 1 fully saturated rings. The summed E-state index contributed by atoms with van der Waals surface area (Å²) >= 11 is 1.69. The molecule has 2 N–H and O–H groups in total. The van der Waals surface area contributed by atoms with Gasteiger partial charge in [-0.3, -0.25) is 14.6 Å². The summed E-state index contributed by atoms with van der Waals surface area (Å²) in [6.07, 6.45) is 7.73. The van der Waals surface area contributed by atoms with Crippen molar-refractivity contribution in [3.05, 3.63) is 56.7 Å². The van der Waals surface area contributed by atoms with Gasteiger partial charge in [0.25, 0.3) is 11.5 Å². The first-order valence-corrected chi connectivity index (χ1v) is 11.1. The number of hydrogen-bond acceptors (Lipinski definition) is 5. The fourth-order valence-corrected chi connectivity index (χ4v) is 5.68. The van der Waals surface area contributed by atoms with Gasteiger partial charge in [-0.2, -0.15) is 0 Å². The van der Waals surface area contributed by atoms with E-state index >= 15 is 0 Å². The van der Waals surface area contributed by atoms with Gasteiger partial charge in [0.1, 0.15) is 11.4 Å². The summed E-state index contributed by atoms with van der Waals surface area (Å²) < 4.78 is 0. The zero-order chi connectivity index (χ0) is 19.8. The molecular weight excluding hydrogens is 386 g/mol. The van der Waals surface area contributed by atoms with E-state index < -0.39 is 0 Å². The second-order valence-electron chi connectivity index (χ2n) is 7.86. The molecule has 1 aliphatic carbocycles. The van der Waals surface area contributed by atoms with E-state index in [1.807, 2.05) is 4.90 Å². The molecule has 1 amide bonds. The Labute approximate surface area is 172 Å². The second-order valence-corrected chi connectivity index (χ2v) is 8.95. The van der Waals surface area contributed by atoms with Crippen molar-refractivity contribution in [2.24, 2.45) is 0 Å². The standard InChI is InChI=1S/C21H23N5O2S/c27-19-18-15-5-1-2-6-16(15)29-20(18)24-17(23-19)13-25-8-10-26(11-9-25)21(28)14-4-3-7-22-12-14/h3-4,7,12H,1-2,5-6,8-11,13H2,(H,23,24,27)/p+1. The molecular formula is C21H24N5O2S+. The molecule has 0 unspecified atom stereocenters. The Kier molecular flexibility index (Phi) is 4.89. The summed E-state index contributed by atoms with van der Waals surface area (Å²) in [6.45, 7) is 3.76. The number of fused-ring (bicyclic) bond motifs is 3. The number of carbonyl (C=O) groups is 1. The SMILES string of the molecule is O=C(c1cccnc1)N1CC[NH+](Cc2nc3sc4c(c3c(=O)[nH]2)CCCC4)CC1. The molecule has 3 aromatic rings. The van der Waals surface area contributed by atoms with Gasteiger partial charge in [-0.25, -0.2) is 4.98 Å². The Morgan fingerprint density at radius 2 is 2.07 bits per heavy atom. The van der Waals surface area contributed by atoms with Crippen molar-refractivity contribution in [1.29, 1.82) is 0 Å². The van der Waals surface area contributed by atoms with Crippen molar-refractivity contribution < 1.29 is 9.69 Å². The highest BCUT2D eigenvalue weighted by Crippen LogP contribution is 2.33. The van der Waals surface area contributed by atoms with E-state index in [2.05, 4.69) is 9.97 Å². The van der Waals surface area contributed by atoms with Gasteiger partial charge < -0.3 is 14.8 Å². The zero-order valence-corrected chi connectivity index (χ0v) is 17.1. The van der Waals surface area contributed by atoms with Crippen LogP contribution in [0.1, 0.15) is 39.5 Å². The predicted molar refractivity (Wildman–Crippen MR) is 111 cm³/mol. The fourth-order valence-electron chi connectivity index (χ4n) is 4.40. The first-order chi connectivity index (χ1) is 14.2. The lowest BCUT2D eigenvalue weighted by Gasteiger charge is -2.31. The third-order valence-electron chi connectivity index (χ3n) is 5.96. The molecule has 1 aliphatic heterocycles. The number of rotatable bonds is 3. The lowest BCUT2D eigenvalue weighted by molar-refractivity contribution is -0.918. The number of hydrogen-bond donors (Lipinski definition) is 2. The van der Waals surface area contributed by atoms with Crippen LogP contribution < -0.4 is 10.5 Å². The first kappa shape index (κ1) is 18.4. The number of quaternary nitrogens is 1. The predicted octanol–water partition coefficient (Wildman–Crippen LogP) is 0.799. The maximum Gasteiger partial charge on any atom is 0.260 e. The van der Waals surface area contributed by atoms with Crippen molar-refractivity contribution >= 4 is 27.5 Å². The molecule has 29 heavy (non-hydrogen) atoms. The maximum atomic E-state index is 12.7. The van der Waals surface area contributed by atoms with Crippen LogP contribution in [0.15, 0.2) is 29.3 Å². The van der Waals surface area contributed by atoms with E-state index in [0.29, 0.717) is 25.2 Å². The van der Waals surface area contributed by atoms with Crippen molar-refractivity contribution in [3.8, 4) is 0 Å². The van der Waals surface area contributed by atoms with Crippen molar-refractivity contribution in [2.45, 2.75) is 32.2 Å². The number of thiophene rings is 1. The number of H-pyrrole nitrogens is 1. The third-order valence-corrected chi connectivity index (χ3v) is 7.14. The van der Waals surface area contributed by atoms with Gasteiger partial charge in [-0.15, -0.1) is 11.3 Å². The van der Waals surface area contributed by atoms with E-state index in [9.17, 15) is 9.59 Å². The van der Waals surface area contributed by atoms with Gasteiger partial charge in [-0.1, -0.05) is 0 Å². The summed E-state index contributed by atoms with van der Waals surface area (Å²) in [4.78, 5) is 42.6. The van der Waals surface area contributed by atoms with Crippen molar-refractivity contribution in [1.82, 2.24) is 19.9 Å². The van der Waals surface area contributed by atoms with Crippen LogP contribution in [0, 0.1) is 0 Å². The Bertz CT molecular complexity index is 1100. The Morgan fingerprint density at radius 1 is 1.24 bits per heavy atom. The maximum absolute atomic E-state index is 12.7. The molecule has 0 saturated carbocycles. The minimum absolute atomic E-state index is 0.00851. The third kappa shape index (κ3) is 3.58. The number of aryl methyl sites for hydroxylation is 2. The van der Waals surface area contributed by atoms with Crippen LogP contribution in [-0.4, -0.2) is 51.9 Å². The molecule has 0 atom stereocenters. The number of pyridine rings is 1. The molecule has 4 heterocycles. The van der Waals surface area contributed by atoms with Crippen molar-refractivity contribution in [3.63, 3.8) is 0 Å². The lowest BCUT2D eigenvalue weighted by atomic mass is 9.97. The number of aromatic nitrogens is 3. The van der Waals surface area contributed by atoms with E-state index in [4.69, 9.17) is 4.98 Å². The van der Waals surface area contributed by atoms with Crippen LogP contribution in [0.3, 0.4) is 0 Å². The van der Waals surface area contributed by atoms with Crippen LogP contribution >= 0.6 is 11.3 Å². The smallest absolute Gasteiger partial charge is 0.260 e. The number of carbonyl (C=O) groups excluding carboxylic acids is 1. The average molecular weight is 411 g/mol. The lowest BCUT2D eigenvalue weighted by Crippen LogP contribution is -3.13. The summed E-state index contributed by atoms with van der Waals surface area (Å²) in [7, 11) is 0. The number of amides is 1. The Hall–Kier alpha value is -2.58. The summed E-state index contributed by atoms with van der Waals surface area (Å²) in [5.74, 6) is 0.789. The number of aromatic amines is 1. The molecule has 3 aromatic heterocycles. The van der Waals surface area contributed by atoms with E-state index in [1.165, 1.54) is 21.8 Å². The molecule has 0 aromatic carbocycles. The second kappa shape index (κ2) is 7.68. The van der Waals surface area contributed by atoms with Crippen LogP contribution in [0.4, 0.5) is 0 Å². The largest absolute Gasteiger partial charge is 0.327 e. The molecule has 150 valence electrons. The first-order valence-electron chi connectivity index (χ1n) is 10.3. The summed E-state index contributed by atoms with van der Waals surface area (Å²) in [5.41, 5.74) is 1.87. The van der Waals surface area contributed by atoms with Crippen molar-refractivity contribution in [2.75, 3.05) is 26.2 Å². The molecule has 5 rings (SSSR count). The van der Waals surface area contributed by atoms with Crippen LogP contribution in [0.5, 0.6) is 0 Å². The molecule has 0 bridgehead atoms. The molecule has 2 aliphatic rings. The minimum Gasteiger partial charge on any atom is -0.327 e. The van der Waals surface area contributed by atoms with E-state index in [-0.39, 0.29) is 11.5 Å². The highest BCUT2D eigenvalue weighted by Gasteiger charge is 2.26. The average Bonchev–Trinajstić information content (AvgIpc) is 3.13. The number of nitrogens with one attached hydrogen (secondary N) is 2. The minimum atomic E-state index is 0.00851. The molecule has 1 saturated heterocycles. The molecule has 7 nitrogen and oxygen atoms in total. The Morgan fingerprint density at radius 3 is 2.86 bits per heavy atom. The molecule has 0 spiro atoms. The van der Waals surface area contributed by atoms with Gasteiger partial charge >= 0.3 is 0 Å². The van der Waals surface area contributed by atoms with Gasteiger partial charge in [-0.05, 0) is 43.4 Å². The van der Waals surface area contributed by atoms with Crippen LogP contribution in [0.25, 0.3) is 10.2 Å². The van der Waals surface area contributed by atoms with E-state index in [0.717, 1.165) is 48.4 Å². The molecule has 0 radical (unpaired) electrons. The van der Waals surface area contributed by atoms with Gasteiger partial charge in [0.2, 0.25) is 0 Å². The highest BCUT2D eigenvalue weighted by atomic mass is 32.1. The monoisotopic (exact) mass is 410 g/mol. The highest BCUT2D eigenvalue weighted by molar-refractivity contribution is 7.18. The normalized spacial score (nSPS) is 17.4. The molecule has 8 heteroatoms. The van der Waals surface area contributed by atoms with E-state index in [1.54, 1.807) is 35.9 Å². The van der Waals surface area contributed by atoms with Gasteiger partial charge in [0, 0.05) is 17.3 Å². The topological polar surface area (TPSA) is 83.4 Å². The summed E-state index contributed by atoms with van der Waals surface area (Å²) in [5, 5.41) is 0.815. The van der Waals surface area contributed by atoms with Gasteiger partial charge in [0.05, 0.1) is 37.1 Å². The van der Waals surface area contributed by atoms with Crippen LogP contribution in [-0.2, 0) is 19.4 Å². The quantitative estimate of drug-likeness (QED) is 0.669. The summed E-state index contributed by atoms with van der Waals surface area (Å²) in [6, 6.07) is 3.59. The van der Waals surface area contributed by atoms with Gasteiger partial charge in [0.15, 0.2) is 5.82 Å². The number of nitrogens with zero attached hydrogens (tertiary/aromatic N) is 3. The Balaban J connectivity index is 1.28.